The maximum absolute atomic E-state index is 12.2. The molecule has 2 aromatic heterocycles. The number of thiophene rings is 1. The van der Waals surface area contributed by atoms with Crippen LogP contribution in [0.25, 0.3) is 10.2 Å². The fourth-order valence-electron chi connectivity index (χ4n) is 1.73. The van der Waals surface area contributed by atoms with Gasteiger partial charge in [0.15, 0.2) is 5.78 Å². The lowest BCUT2D eigenvalue weighted by Crippen LogP contribution is -2.01. The Balaban J connectivity index is 2.06. The summed E-state index contributed by atoms with van der Waals surface area (Å²) in [5.74, 6) is 0.0217. The third-order valence-electron chi connectivity index (χ3n) is 2.60. The van der Waals surface area contributed by atoms with Crippen molar-refractivity contribution in [2.75, 3.05) is 0 Å². The minimum atomic E-state index is 0.0217. The Morgan fingerprint density at radius 2 is 1.88 bits per heavy atom. The fourth-order valence-corrected chi connectivity index (χ4v) is 2.51. The van der Waals surface area contributed by atoms with E-state index in [9.17, 15) is 4.79 Å². The lowest BCUT2D eigenvalue weighted by Gasteiger charge is -2.00. The monoisotopic (exact) mass is 239 g/mol. The third-order valence-corrected chi connectivity index (χ3v) is 3.45. The molecule has 0 bridgehead atoms. The highest BCUT2D eigenvalue weighted by Gasteiger charge is 2.09. The second-order valence-electron chi connectivity index (χ2n) is 3.72. The first-order chi connectivity index (χ1) is 8.34. The van der Waals surface area contributed by atoms with Gasteiger partial charge in [-0.15, -0.1) is 11.3 Å². The maximum atomic E-state index is 12.2. The molecule has 0 amide bonds. The smallest absolute Gasteiger partial charge is 0.194 e. The molecular formula is C14H9NOS. The van der Waals surface area contributed by atoms with E-state index in [1.165, 1.54) is 0 Å². The lowest BCUT2D eigenvalue weighted by atomic mass is 10.1. The molecule has 0 unspecified atom stereocenters. The lowest BCUT2D eigenvalue weighted by molar-refractivity contribution is 0.103. The zero-order valence-corrected chi connectivity index (χ0v) is 9.78. The zero-order chi connectivity index (χ0) is 11.7. The molecule has 82 valence electrons. The Morgan fingerprint density at radius 3 is 2.71 bits per heavy atom. The normalized spacial score (nSPS) is 10.6. The molecule has 2 heterocycles. The summed E-state index contributed by atoms with van der Waals surface area (Å²) in [6, 6.07) is 13.1. The predicted molar refractivity (Wildman–Crippen MR) is 69.5 cm³/mol. The summed E-state index contributed by atoms with van der Waals surface area (Å²) < 4.78 is 1.05. The van der Waals surface area contributed by atoms with Crippen molar-refractivity contribution in [3.05, 3.63) is 65.2 Å². The van der Waals surface area contributed by atoms with Crippen LogP contribution in [0.5, 0.6) is 0 Å². The molecule has 0 atom stereocenters. The summed E-state index contributed by atoms with van der Waals surface area (Å²) >= 11 is 1.60. The summed E-state index contributed by atoms with van der Waals surface area (Å²) in [4.78, 5) is 16.5. The van der Waals surface area contributed by atoms with E-state index in [0.29, 0.717) is 11.1 Å². The fraction of sp³-hybridized carbons (Fsp3) is 0. The highest BCUT2D eigenvalue weighted by Crippen LogP contribution is 2.20. The molecule has 3 heteroatoms. The van der Waals surface area contributed by atoms with Gasteiger partial charge in [-0.1, -0.05) is 30.3 Å². The minimum Gasteiger partial charge on any atom is -0.289 e. The van der Waals surface area contributed by atoms with Gasteiger partial charge >= 0.3 is 0 Å². The van der Waals surface area contributed by atoms with Crippen molar-refractivity contribution in [3.63, 3.8) is 0 Å². The number of hydrogen-bond donors (Lipinski definition) is 0. The zero-order valence-electron chi connectivity index (χ0n) is 8.96. The van der Waals surface area contributed by atoms with E-state index in [2.05, 4.69) is 4.98 Å². The van der Waals surface area contributed by atoms with Crippen LogP contribution in [0.2, 0.25) is 0 Å². The summed E-state index contributed by atoms with van der Waals surface area (Å²) in [6.45, 7) is 0. The van der Waals surface area contributed by atoms with Crippen LogP contribution in [-0.2, 0) is 0 Å². The summed E-state index contributed by atoms with van der Waals surface area (Å²) in [5, 5.41) is 1.98. The number of fused-ring (bicyclic) bond motifs is 1. The van der Waals surface area contributed by atoms with Crippen LogP contribution in [0, 0.1) is 0 Å². The van der Waals surface area contributed by atoms with E-state index in [0.717, 1.165) is 10.2 Å². The van der Waals surface area contributed by atoms with E-state index >= 15 is 0 Å². The van der Waals surface area contributed by atoms with Crippen molar-refractivity contribution in [3.8, 4) is 0 Å². The third kappa shape index (κ3) is 1.85. The predicted octanol–water partition coefficient (Wildman–Crippen LogP) is 3.53. The summed E-state index contributed by atoms with van der Waals surface area (Å²) in [5.41, 5.74) is 2.29. The Kier molecular flexibility index (Phi) is 2.46. The molecule has 0 radical (unpaired) electrons. The Hall–Kier alpha value is -2.00. The molecule has 0 aliphatic rings. The van der Waals surface area contributed by atoms with Crippen molar-refractivity contribution in [1.29, 1.82) is 0 Å². The van der Waals surface area contributed by atoms with E-state index in [-0.39, 0.29) is 5.78 Å². The highest BCUT2D eigenvalue weighted by atomic mass is 32.1. The minimum absolute atomic E-state index is 0.0217. The molecule has 0 aliphatic carbocycles. The first kappa shape index (κ1) is 10.2. The van der Waals surface area contributed by atoms with Crippen molar-refractivity contribution in [2.45, 2.75) is 0 Å². The Labute approximate surface area is 103 Å². The van der Waals surface area contributed by atoms with Crippen LogP contribution in [0.3, 0.4) is 0 Å². The summed E-state index contributed by atoms with van der Waals surface area (Å²) in [7, 11) is 0. The van der Waals surface area contributed by atoms with Gasteiger partial charge in [0.2, 0.25) is 0 Å². The second kappa shape index (κ2) is 4.11. The van der Waals surface area contributed by atoms with Gasteiger partial charge in [0.25, 0.3) is 0 Å². The van der Waals surface area contributed by atoms with Gasteiger partial charge in [0, 0.05) is 17.3 Å². The molecule has 0 saturated carbocycles. The number of hydrogen-bond acceptors (Lipinski definition) is 3. The number of pyridine rings is 1. The van der Waals surface area contributed by atoms with Crippen molar-refractivity contribution in [1.82, 2.24) is 4.98 Å². The van der Waals surface area contributed by atoms with Crippen molar-refractivity contribution >= 4 is 27.3 Å². The van der Waals surface area contributed by atoms with Gasteiger partial charge in [-0.05, 0) is 17.5 Å². The molecular weight excluding hydrogens is 230 g/mol. The van der Waals surface area contributed by atoms with Crippen LogP contribution in [0.4, 0.5) is 0 Å². The van der Waals surface area contributed by atoms with Gasteiger partial charge in [-0.25, -0.2) is 0 Å². The summed E-state index contributed by atoms with van der Waals surface area (Å²) in [6.07, 6.45) is 1.64. The van der Waals surface area contributed by atoms with Gasteiger partial charge < -0.3 is 0 Å². The molecule has 0 fully saturated rings. The van der Waals surface area contributed by atoms with E-state index in [1.807, 2.05) is 47.8 Å². The van der Waals surface area contributed by atoms with E-state index in [4.69, 9.17) is 0 Å². The molecule has 1 aromatic carbocycles. The van der Waals surface area contributed by atoms with Crippen LogP contribution in [0.15, 0.2) is 54.0 Å². The van der Waals surface area contributed by atoms with Crippen LogP contribution in [0.1, 0.15) is 15.9 Å². The molecule has 0 saturated heterocycles. The van der Waals surface area contributed by atoms with Crippen molar-refractivity contribution in [2.24, 2.45) is 0 Å². The van der Waals surface area contributed by atoms with Crippen LogP contribution < -0.4 is 0 Å². The number of aromatic nitrogens is 1. The van der Waals surface area contributed by atoms with E-state index < -0.39 is 0 Å². The number of carbonyl (C=O) groups excluding carboxylic acids is 1. The average Bonchev–Trinajstić information content (AvgIpc) is 2.86. The SMILES string of the molecule is O=C(c1ccccc1)c1cnc2ccsc2c1. The van der Waals surface area contributed by atoms with Gasteiger partial charge in [-0.2, -0.15) is 0 Å². The maximum Gasteiger partial charge on any atom is 0.194 e. The van der Waals surface area contributed by atoms with Crippen LogP contribution in [-0.4, -0.2) is 10.8 Å². The highest BCUT2D eigenvalue weighted by molar-refractivity contribution is 7.17. The topological polar surface area (TPSA) is 30.0 Å². The second-order valence-corrected chi connectivity index (χ2v) is 4.67. The molecule has 2 nitrogen and oxygen atoms in total. The number of benzene rings is 1. The molecule has 3 aromatic rings. The molecule has 17 heavy (non-hydrogen) atoms. The molecule has 3 rings (SSSR count). The number of rotatable bonds is 2. The van der Waals surface area contributed by atoms with Crippen LogP contribution >= 0.6 is 11.3 Å². The first-order valence-electron chi connectivity index (χ1n) is 5.27. The molecule has 0 aliphatic heterocycles. The van der Waals surface area contributed by atoms with E-state index in [1.54, 1.807) is 17.5 Å². The Morgan fingerprint density at radius 1 is 1.06 bits per heavy atom. The quantitative estimate of drug-likeness (QED) is 0.640. The largest absolute Gasteiger partial charge is 0.289 e. The standard InChI is InChI=1S/C14H9NOS/c16-14(10-4-2-1-3-5-10)11-8-13-12(15-9-11)6-7-17-13/h1-9H. The molecule has 0 spiro atoms. The number of nitrogens with zero attached hydrogens (tertiary/aromatic N) is 1. The van der Waals surface area contributed by atoms with Crippen molar-refractivity contribution < 1.29 is 4.79 Å². The number of ketones is 1. The number of carbonyl (C=O) groups is 1. The van der Waals surface area contributed by atoms with Gasteiger partial charge in [0.05, 0.1) is 10.2 Å². The molecule has 0 N–H and O–H groups in total. The Bertz CT molecular complexity index is 673. The van der Waals surface area contributed by atoms with Gasteiger partial charge in [-0.3, -0.25) is 9.78 Å². The van der Waals surface area contributed by atoms with Gasteiger partial charge in [0.1, 0.15) is 0 Å². The average molecular weight is 239 g/mol. The first-order valence-corrected chi connectivity index (χ1v) is 6.15.